The van der Waals surface area contributed by atoms with Crippen molar-refractivity contribution in [1.29, 1.82) is 0 Å². The van der Waals surface area contributed by atoms with Crippen LogP contribution < -0.4 is 14.2 Å². The lowest BCUT2D eigenvalue weighted by Crippen LogP contribution is -2.26. The molecule has 5 heteroatoms. The second-order valence-electron chi connectivity index (χ2n) is 5.01. The zero-order valence-corrected chi connectivity index (χ0v) is 12.3. The summed E-state index contributed by atoms with van der Waals surface area (Å²) in [4.78, 5) is 12.7. The Kier molecular flexibility index (Phi) is 3.63. The molecule has 0 bridgehead atoms. The summed E-state index contributed by atoms with van der Waals surface area (Å²) in [5.74, 6) is 1.09. The number of carbonyl (C=O) groups excluding carboxylic acids is 1. The molecule has 0 unspecified atom stereocenters. The maximum atomic E-state index is 12.7. The normalized spacial score (nSPS) is 16.6. The molecule has 2 aromatic rings. The van der Waals surface area contributed by atoms with Gasteiger partial charge in [-0.3, -0.25) is 4.79 Å². The van der Waals surface area contributed by atoms with Crippen LogP contribution in [0.2, 0.25) is 0 Å². The van der Waals surface area contributed by atoms with Gasteiger partial charge in [0, 0.05) is 17.7 Å². The second kappa shape index (κ2) is 5.60. The monoisotopic (exact) mass is 300 g/mol. The van der Waals surface area contributed by atoms with Gasteiger partial charge in [-0.25, -0.2) is 0 Å². The molecule has 1 atom stereocenters. The zero-order valence-electron chi connectivity index (χ0n) is 12.3. The third-order valence-electron chi connectivity index (χ3n) is 3.79. The van der Waals surface area contributed by atoms with Gasteiger partial charge in [-0.05, 0) is 18.2 Å². The van der Waals surface area contributed by atoms with E-state index in [0.717, 1.165) is 0 Å². The summed E-state index contributed by atoms with van der Waals surface area (Å²) in [5, 5.41) is 10.1. The minimum atomic E-state index is -0.535. The van der Waals surface area contributed by atoms with E-state index in [2.05, 4.69) is 0 Å². The third-order valence-corrected chi connectivity index (χ3v) is 3.79. The lowest BCUT2D eigenvalue weighted by molar-refractivity contribution is 0.0894. The number of fused-ring (bicyclic) bond motifs is 1. The molecule has 0 radical (unpaired) electrons. The number of phenolic OH excluding ortho intramolecular Hbond substituents is 1. The van der Waals surface area contributed by atoms with Gasteiger partial charge in [-0.2, -0.15) is 0 Å². The predicted molar refractivity (Wildman–Crippen MR) is 80.2 cm³/mol. The molecule has 5 nitrogen and oxygen atoms in total. The lowest BCUT2D eigenvalue weighted by atomic mass is 9.88. The van der Waals surface area contributed by atoms with Crippen molar-refractivity contribution in [2.24, 2.45) is 0 Å². The number of methoxy groups -OCH3 is 2. The number of hydrogen-bond donors (Lipinski definition) is 1. The Morgan fingerprint density at radius 2 is 1.77 bits per heavy atom. The summed E-state index contributed by atoms with van der Waals surface area (Å²) >= 11 is 0. The highest BCUT2D eigenvalue weighted by molar-refractivity contribution is 6.04. The molecule has 0 amide bonds. The summed E-state index contributed by atoms with van der Waals surface area (Å²) in [6, 6.07) is 9.99. The first-order valence-electron chi connectivity index (χ1n) is 6.86. The van der Waals surface area contributed by atoms with E-state index in [-0.39, 0.29) is 18.1 Å². The Labute approximate surface area is 128 Å². The molecule has 0 saturated heterocycles. The first-order valence-corrected chi connectivity index (χ1v) is 6.86. The number of phenols is 1. The van der Waals surface area contributed by atoms with Gasteiger partial charge in [-0.1, -0.05) is 6.07 Å². The Balaban J connectivity index is 1.96. The van der Waals surface area contributed by atoms with Gasteiger partial charge < -0.3 is 19.3 Å². The molecule has 0 fully saturated rings. The minimum Gasteiger partial charge on any atom is -0.508 e. The molecule has 1 heterocycles. The fourth-order valence-corrected chi connectivity index (χ4v) is 2.57. The van der Waals surface area contributed by atoms with E-state index in [1.807, 2.05) is 0 Å². The first-order chi connectivity index (χ1) is 10.6. The van der Waals surface area contributed by atoms with E-state index in [1.54, 1.807) is 37.4 Å². The molecule has 2 aromatic carbocycles. The quantitative estimate of drug-likeness (QED) is 0.944. The fraction of sp³-hybridized carbons (Fsp3) is 0.235. The van der Waals surface area contributed by atoms with Crippen LogP contribution in [0.5, 0.6) is 23.0 Å². The summed E-state index contributed by atoms with van der Waals surface area (Å²) in [5.41, 5.74) is 1.03. The van der Waals surface area contributed by atoms with Crippen LogP contribution in [0.3, 0.4) is 0 Å². The lowest BCUT2D eigenvalue weighted by Gasteiger charge is -2.25. The largest absolute Gasteiger partial charge is 0.508 e. The molecular formula is C17H16O5. The van der Waals surface area contributed by atoms with Crippen LogP contribution >= 0.6 is 0 Å². The molecule has 0 aromatic heterocycles. The van der Waals surface area contributed by atoms with E-state index >= 15 is 0 Å². The summed E-state index contributed by atoms with van der Waals surface area (Å²) in [6.07, 6.45) is 0. The number of aromatic hydroxyl groups is 1. The number of Topliss-reactive ketones (excluding diaryl/α,β-unsaturated/α-hetero) is 1. The van der Waals surface area contributed by atoms with Crippen LogP contribution in [-0.4, -0.2) is 31.7 Å². The van der Waals surface area contributed by atoms with Crippen LogP contribution in [-0.2, 0) is 0 Å². The number of ether oxygens (including phenoxy) is 3. The number of benzene rings is 2. The molecule has 22 heavy (non-hydrogen) atoms. The van der Waals surface area contributed by atoms with Crippen molar-refractivity contribution in [1.82, 2.24) is 0 Å². The van der Waals surface area contributed by atoms with Gasteiger partial charge in [0.2, 0.25) is 0 Å². The molecule has 0 saturated carbocycles. The average Bonchev–Trinajstić information content (AvgIpc) is 2.55. The minimum absolute atomic E-state index is 0.0262. The highest BCUT2D eigenvalue weighted by Gasteiger charge is 2.32. The maximum absolute atomic E-state index is 12.7. The SMILES string of the molecule is COc1ccc([C@H]2COc3cc(OC)ccc3C2=O)c(O)c1. The van der Waals surface area contributed by atoms with Gasteiger partial charge in [0.1, 0.15) is 29.6 Å². The summed E-state index contributed by atoms with van der Waals surface area (Å²) in [6.45, 7) is 0.179. The van der Waals surface area contributed by atoms with Gasteiger partial charge in [-0.15, -0.1) is 0 Å². The highest BCUT2D eigenvalue weighted by atomic mass is 16.5. The molecule has 3 rings (SSSR count). The Morgan fingerprint density at radius 3 is 2.45 bits per heavy atom. The van der Waals surface area contributed by atoms with Crippen LogP contribution in [0.4, 0.5) is 0 Å². The van der Waals surface area contributed by atoms with Crippen molar-refractivity contribution < 1.29 is 24.1 Å². The highest BCUT2D eigenvalue weighted by Crippen LogP contribution is 2.38. The number of ketones is 1. The Morgan fingerprint density at radius 1 is 1.09 bits per heavy atom. The van der Waals surface area contributed by atoms with Gasteiger partial charge in [0.15, 0.2) is 5.78 Å². The second-order valence-corrected chi connectivity index (χ2v) is 5.01. The number of rotatable bonds is 3. The molecule has 1 aliphatic heterocycles. The van der Waals surface area contributed by atoms with Crippen molar-refractivity contribution in [2.75, 3.05) is 20.8 Å². The van der Waals surface area contributed by atoms with Gasteiger partial charge in [0.05, 0.1) is 25.7 Å². The Hall–Kier alpha value is -2.69. The maximum Gasteiger partial charge on any atom is 0.177 e. The van der Waals surface area contributed by atoms with Crippen LogP contribution in [0.25, 0.3) is 0 Å². The third kappa shape index (κ3) is 2.35. The molecule has 1 aliphatic rings. The van der Waals surface area contributed by atoms with E-state index in [1.165, 1.54) is 13.2 Å². The summed E-state index contributed by atoms with van der Waals surface area (Å²) < 4.78 is 15.9. The molecule has 0 spiro atoms. The Bertz CT molecular complexity index is 723. The molecule has 0 aliphatic carbocycles. The van der Waals surface area contributed by atoms with Crippen molar-refractivity contribution in [3.63, 3.8) is 0 Å². The predicted octanol–water partition coefficient (Wildman–Crippen LogP) is 2.77. The zero-order chi connectivity index (χ0) is 15.7. The molecule has 114 valence electrons. The van der Waals surface area contributed by atoms with E-state index in [0.29, 0.717) is 28.4 Å². The van der Waals surface area contributed by atoms with Crippen molar-refractivity contribution in [3.05, 3.63) is 47.5 Å². The topological polar surface area (TPSA) is 65.0 Å². The smallest absolute Gasteiger partial charge is 0.177 e. The van der Waals surface area contributed by atoms with Crippen molar-refractivity contribution in [3.8, 4) is 23.0 Å². The number of hydrogen-bond acceptors (Lipinski definition) is 5. The van der Waals surface area contributed by atoms with Crippen molar-refractivity contribution >= 4 is 5.78 Å². The van der Waals surface area contributed by atoms with E-state index in [4.69, 9.17) is 14.2 Å². The standard InChI is InChI=1S/C17H16O5/c1-20-10-3-5-12(15(18)7-10)14-9-22-16-8-11(21-2)4-6-13(16)17(14)19/h3-8,14,18H,9H2,1-2H3/t14-/m1/s1. The number of carbonyl (C=O) groups is 1. The van der Waals surface area contributed by atoms with Crippen LogP contribution in [0.15, 0.2) is 36.4 Å². The van der Waals surface area contributed by atoms with Crippen molar-refractivity contribution in [2.45, 2.75) is 5.92 Å². The molecular weight excluding hydrogens is 284 g/mol. The van der Waals surface area contributed by atoms with E-state index < -0.39 is 5.92 Å². The fourth-order valence-electron chi connectivity index (χ4n) is 2.57. The average molecular weight is 300 g/mol. The molecule has 1 N–H and O–H groups in total. The first kappa shape index (κ1) is 14.3. The van der Waals surface area contributed by atoms with E-state index in [9.17, 15) is 9.90 Å². The van der Waals surface area contributed by atoms with Crippen LogP contribution in [0.1, 0.15) is 21.8 Å². The van der Waals surface area contributed by atoms with Crippen LogP contribution in [0, 0.1) is 0 Å². The summed E-state index contributed by atoms with van der Waals surface area (Å²) in [7, 11) is 3.08. The van der Waals surface area contributed by atoms with Gasteiger partial charge in [0.25, 0.3) is 0 Å². The van der Waals surface area contributed by atoms with Gasteiger partial charge >= 0.3 is 0 Å².